The molecule has 36 heavy (non-hydrogen) atoms. The lowest BCUT2D eigenvalue weighted by Crippen LogP contribution is -2.57. The van der Waals surface area contributed by atoms with Crippen LogP contribution in [0.1, 0.15) is 37.9 Å². The normalized spacial score (nSPS) is 29.9. The van der Waals surface area contributed by atoms with Gasteiger partial charge in [0.25, 0.3) is 5.91 Å². The molecule has 4 saturated carbocycles. The number of ether oxygens (including phenoxy) is 2. The Morgan fingerprint density at radius 3 is 2.53 bits per heavy atom. The van der Waals surface area contributed by atoms with E-state index in [2.05, 4.69) is 0 Å². The molecule has 4 bridgehead atoms. The van der Waals surface area contributed by atoms with Crippen LogP contribution < -0.4 is 9.47 Å². The Morgan fingerprint density at radius 1 is 1.14 bits per heavy atom. The highest BCUT2D eigenvalue weighted by Crippen LogP contribution is 2.56. The average molecular weight is 526 g/mol. The Bertz CT molecular complexity index is 1240. The van der Waals surface area contributed by atoms with E-state index in [4.69, 9.17) is 31.2 Å². The predicted molar refractivity (Wildman–Crippen MR) is 140 cm³/mol. The molecule has 0 unspecified atom stereocenters. The van der Waals surface area contributed by atoms with Crippen molar-refractivity contribution in [2.45, 2.75) is 38.1 Å². The number of amides is 1. The molecule has 1 amide bonds. The molecule has 7 nitrogen and oxygen atoms in total. The Hall–Kier alpha value is -2.78. The zero-order valence-corrected chi connectivity index (χ0v) is 21.5. The lowest BCUT2D eigenvalue weighted by Gasteiger charge is -2.56. The highest BCUT2D eigenvalue weighted by Gasteiger charge is 2.53. The fourth-order valence-electron chi connectivity index (χ4n) is 6.85. The molecule has 7 rings (SSSR count). The van der Waals surface area contributed by atoms with Gasteiger partial charge in [-0.1, -0.05) is 24.0 Å². The average Bonchev–Trinajstić information content (AvgIpc) is 3.42. The largest absolute Gasteiger partial charge is 0.493 e. The minimum absolute atomic E-state index is 0.00534. The van der Waals surface area contributed by atoms with Gasteiger partial charge in [0.05, 0.1) is 12.0 Å². The first kappa shape index (κ1) is 23.6. The third kappa shape index (κ3) is 4.22. The van der Waals surface area contributed by atoms with E-state index in [9.17, 15) is 9.59 Å². The standard InChI is InChI=1S/C27H27NO6S2/c1-32-21-4-2-16(11-22(21)33-13-24(29)30)20-5-3-19(34-20)12-23-26(31)28(27(35)36-23)25-17-7-14-6-15(9-17)10-18(25)8-14/h2-5,11-12,14-15,17-18,25H,6-10,13H2,1H3,(H,29,30). The van der Waals surface area contributed by atoms with Crippen LogP contribution in [-0.2, 0) is 9.59 Å². The number of thiocarbonyl (C=S) groups is 1. The predicted octanol–water partition coefficient (Wildman–Crippen LogP) is 5.44. The summed E-state index contributed by atoms with van der Waals surface area (Å²) in [4.78, 5) is 26.9. The summed E-state index contributed by atoms with van der Waals surface area (Å²) in [6, 6.07) is 9.05. The van der Waals surface area contributed by atoms with Crippen molar-refractivity contribution in [1.82, 2.24) is 4.90 Å². The second-order valence-electron chi connectivity index (χ2n) is 10.2. The summed E-state index contributed by atoms with van der Waals surface area (Å²) in [6.07, 6.45) is 8.07. The number of rotatable bonds is 7. The second-order valence-corrected chi connectivity index (χ2v) is 11.9. The van der Waals surface area contributed by atoms with Crippen LogP contribution in [0.2, 0.25) is 0 Å². The van der Waals surface area contributed by atoms with Crippen molar-refractivity contribution in [2.75, 3.05) is 13.7 Å². The molecule has 0 atom stereocenters. The van der Waals surface area contributed by atoms with Gasteiger partial charge in [-0.2, -0.15) is 0 Å². The van der Waals surface area contributed by atoms with E-state index >= 15 is 0 Å². The van der Waals surface area contributed by atoms with Gasteiger partial charge in [-0.15, -0.1) is 0 Å². The molecular weight excluding hydrogens is 498 g/mol. The molecule has 2 aromatic rings. The molecule has 9 heteroatoms. The first-order valence-electron chi connectivity index (χ1n) is 12.3. The maximum Gasteiger partial charge on any atom is 0.341 e. The van der Waals surface area contributed by atoms with Gasteiger partial charge in [-0.05, 0) is 86.1 Å². The third-order valence-corrected chi connectivity index (χ3v) is 9.33. The van der Waals surface area contributed by atoms with Gasteiger partial charge in [0, 0.05) is 17.7 Å². The fourth-order valence-corrected chi connectivity index (χ4v) is 8.18. The Kier molecular flexibility index (Phi) is 6.08. The number of carbonyl (C=O) groups excluding carboxylic acids is 1. The second kappa shape index (κ2) is 9.27. The van der Waals surface area contributed by atoms with Crippen LogP contribution in [0.25, 0.3) is 17.4 Å². The molecule has 5 aliphatic rings. The molecule has 2 heterocycles. The lowest BCUT2D eigenvalue weighted by molar-refractivity contribution is -0.139. The number of carboxylic acid groups (broad SMARTS) is 1. The molecule has 188 valence electrons. The lowest BCUT2D eigenvalue weighted by atomic mass is 9.54. The number of carbonyl (C=O) groups is 2. The van der Waals surface area contributed by atoms with E-state index < -0.39 is 12.6 Å². The molecule has 0 radical (unpaired) electrons. The number of carboxylic acids is 1. The summed E-state index contributed by atoms with van der Waals surface area (Å²) in [5, 5.41) is 8.93. The SMILES string of the molecule is COc1ccc(-c2ccc(C=C3SC(=S)N(C4C5CC6CC(C5)CC4C6)C3=O)o2)cc1OCC(=O)O. The smallest absolute Gasteiger partial charge is 0.341 e. The third-order valence-electron chi connectivity index (χ3n) is 8.00. The summed E-state index contributed by atoms with van der Waals surface area (Å²) >= 11 is 7.06. The first-order chi connectivity index (χ1) is 17.4. The molecule has 1 aliphatic heterocycles. The number of methoxy groups -OCH3 is 1. The fraction of sp³-hybridized carbons (Fsp3) is 0.444. The molecule has 1 aromatic carbocycles. The van der Waals surface area contributed by atoms with E-state index in [1.807, 2.05) is 17.0 Å². The Labute approximate surface area is 218 Å². The van der Waals surface area contributed by atoms with Crippen molar-refractivity contribution in [2.24, 2.45) is 23.7 Å². The molecule has 4 aliphatic carbocycles. The number of nitrogens with zero attached hydrogens (tertiary/aromatic N) is 1. The number of furan rings is 1. The summed E-state index contributed by atoms with van der Waals surface area (Å²) in [7, 11) is 1.49. The van der Waals surface area contributed by atoms with Crippen LogP contribution in [0.15, 0.2) is 39.7 Å². The topological polar surface area (TPSA) is 89.2 Å². The molecule has 1 saturated heterocycles. The van der Waals surface area contributed by atoms with Crippen molar-refractivity contribution in [3.63, 3.8) is 0 Å². The van der Waals surface area contributed by atoms with E-state index in [-0.39, 0.29) is 11.9 Å². The minimum atomic E-state index is -1.08. The minimum Gasteiger partial charge on any atom is -0.493 e. The van der Waals surface area contributed by atoms with Gasteiger partial charge in [-0.25, -0.2) is 4.79 Å². The Balaban J connectivity index is 1.21. The summed E-state index contributed by atoms with van der Waals surface area (Å²) in [6.45, 7) is -0.477. The van der Waals surface area contributed by atoms with Crippen LogP contribution in [0.5, 0.6) is 11.5 Å². The van der Waals surface area contributed by atoms with E-state index in [0.717, 1.165) is 11.8 Å². The van der Waals surface area contributed by atoms with Gasteiger partial charge < -0.3 is 19.0 Å². The number of aliphatic carboxylic acids is 1. The van der Waals surface area contributed by atoms with E-state index in [1.165, 1.54) is 51.0 Å². The quantitative estimate of drug-likeness (QED) is 0.377. The highest BCUT2D eigenvalue weighted by atomic mass is 32.2. The number of hydrogen-bond donors (Lipinski definition) is 1. The maximum absolute atomic E-state index is 13.5. The summed E-state index contributed by atoms with van der Waals surface area (Å²) in [5.74, 6) is 3.62. The van der Waals surface area contributed by atoms with E-state index in [0.29, 0.717) is 49.6 Å². The summed E-state index contributed by atoms with van der Waals surface area (Å²) < 4.78 is 17.3. The highest BCUT2D eigenvalue weighted by molar-refractivity contribution is 8.26. The zero-order chi connectivity index (χ0) is 25.0. The first-order valence-corrected chi connectivity index (χ1v) is 13.5. The van der Waals surface area contributed by atoms with Crippen molar-refractivity contribution in [3.05, 3.63) is 41.0 Å². The van der Waals surface area contributed by atoms with E-state index in [1.54, 1.807) is 24.3 Å². The van der Waals surface area contributed by atoms with Gasteiger partial charge >= 0.3 is 5.97 Å². The zero-order valence-electron chi connectivity index (χ0n) is 19.8. The van der Waals surface area contributed by atoms with Crippen LogP contribution in [0, 0.1) is 23.7 Å². The molecule has 5 fully saturated rings. The number of benzene rings is 1. The number of thioether (sulfide) groups is 1. The van der Waals surface area contributed by atoms with Crippen molar-refractivity contribution >= 4 is 46.3 Å². The monoisotopic (exact) mass is 525 g/mol. The van der Waals surface area contributed by atoms with Crippen molar-refractivity contribution < 1.29 is 28.6 Å². The molecular formula is C27H27NO6S2. The van der Waals surface area contributed by atoms with Crippen molar-refractivity contribution in [1.29, 1.82) is 0 Å². The summed E-state index contributed by atoms with van der Waals surface area (Å²) in [5.41, 5.74) is 0.706. The molecule has 1 N–H and O–H groups in total. The van der Waals surface area contributed by atoms with Crippen molar-refractivity contribution in [3.8, 4) is 22.8 Å². The van der Waals surface area contributed by atoms with Gasteiger partial charge in [-0.3, -0.25) is 9.69 Å². The van der Waals surface area contributed by atoms with Crippen LogP contribution in [-0.4, -0.2) is 46.0 Å². The molecule has 0 spiro atoms. The van der Waals surface area contributed by atoms with Gasteiger partial charge in [0.15, 0.2) is 18.1 Å². The van der Waals surface area contributed by atoms with Crippen LogP contribution >= 0.6 is 24.0 Å². The van der Waals surface area contributed by atoms with Gasteiger partial charge in [0.2, 0.25) is 0 Å². The van der Waals surface area contributed by atoms with Crippen LogP contribution in [0.3, 0.4) is 0 Å². The van der Waals surface area contributed by atoms with Crippen LogP contribution in [0.4, 0.5) is 0 Å². The van der Waals surface area contributed by atoms with Gasteiger partial charge in [0.1, 0.15) is 15.8 Å². The maximum atomic E-state index is 13.5. The Morgan fingerprint density at radius 2 is 1.86 bits per heavy atom. The number of hydrogen-bond acceptors (Lipinski definition) is 7. The molecule has 1 aromatic heterocycles.